The van der Waals surface area contributed by atoms with Crippen LogP contribution in [0.4, 0.5) is 0 Å². The summed E-state index contributed by atoms with van der Waals surface area (Å²) >= 11 is 0. The SMILES string of the molecule is Cc1c(C)c2c(c(O)c1C/C=C1\COCC1CC(=O)O)C(=O)OC2. The van der Waals surface area contributed by atoms with Gasteiger partial charge in [-0.1, -0.05) is 6.08 Å². The number of ether oxygens (including phenoxy) is 2. The van der Waals surface area contributed by atoms with Gasteiger partial charge in [0.2, 0.25) is 0 Å². The zero-order valence-corrected chi connectivity index (χ0v) is 13.7. The van der Waals surface area contributed by atoms with Gasteiger partial charge in [-0.05, 0) is 37.0 Å². The Morgan fingerprint density at radius 1 is 1.29 bits per heavy atom. The predicted molar refractivity (Wildman–Crippen MR) is 85.0 cm³/mol. The molecule has 0 aliphatic carbocycles. The highest BCUT2D eigenvalue weighted by atomic mass is 16.5. The van der Waals surface area contributed by atoms with Crippen molar-refractivity contribution in [3.05, 3.63) is 39.5 Å². The fourth-order valence-electron chi connectivity index (χ4n) is 3.38. The summed E-state index contributed by atoms with van der Waals surface area (Å²) in [6.07, 6.45) is 2.37. The molecule has 1 aromatic carbocycles. The zero-order chi connectivity index (χ0) is 17.4. The number of cyclic esters (lactones) is 1. The van der Waals surface area contributed by atoms with Crippen LogP contribution in [-0.4, -0.2) is 35.4 Å². The molecular weight excluding hydrogens is 312 g/mol. The van der Waals surface area contributed by atoms with Crippen LogP contribution in [0, 0.1) is 19.8 Å². The first-order valence-corrected chi connectivity index (χ1v) is 7.89. The van der Waals surface area contributed by atoms with Crippen molar-refractivity contribution in [3.8, 4) is 5.75 Å². The van der Waals surface area contributed by atoms with E-state index in [1.165, 1.54) is 0 Å². The van der Waals surface area contributed by atoms with Crippen LogP contribution >= 0.6 is 0 Å². The van der Waals surface area contributed by atoms with Crippen molar-refractivity contribution in [2.45, 2.75) is 33.3 Å². The summed E-state index contributed by atoms with van der Waals surface area (Å²) in [5.74, 6) is -1.51. The predicted octanol–water partition coefficient (Wildman–Crippen LogP) is 2.27. The molecule has 1 unspecified atom stereocenters. The highest BCUT2D eigenvalue weighted by molar-refractivity contribution is 5.97. The van der Waals surface area contributed by atoms with E-state index in [1.807, 2.05) is 19.9 Å². The van der Waals surface area contributed by atoms with Crippen molar-refractivity contribution in [2.75, 3.05) is 13.2 Å². The average molecular weight is 332 g/mol. The van der Waals surface area contributed by atoms with Crippen molar-refractivity contribution in [2.24, 2.45) is 5.92 Å². The molecule has 128 valence electrons. The number of carboxylic acid groups (broad SMARTS) is 1. The third-order valence-electron chi connectivity index (χ3n) is 4.95. The van der Waals surface area contributed by atoms with Gasteiger partial charge in [-0.25, -0.2) is 4.79 Å². The molecule has 0 spiro atoms. The molecule has 1 atom stereocenters. The van der Waals surface area contributed by atoms with Gasteiger partial charge in [0, 0.05) is 17.0 Å². The lowest BCUT2D eigenvalue weighted by molar-refractivity contribution is -0.137. The fourth-order valence-corrected chi connectivity index (χ4v) is 3.38. The summed E-state index contributed by atoms with van der Waals surface area (Å²) in [6.45, 7) is 4.83. The van der Waals surface area contributed by atoms with E-state index in [1.54, 1.807) is 0 Å². The van der Waals surface area contributed by atoms with E-state index in [0.717, 1.165) is 22.3 Å². The topological polar surface area (TPSA) is 93.1 Å². The lowest BCUT2D eigenvalue weighted by Gasteiger charge is -2.14. The van der Waals surface area contributed by atoms with Gasteiger partial charge in [0.1, 0.15) is 17.9 Å². The molecule has 2 N–H and O–H groups in total. The second-order valence-electron chi connectivity index (χ2n) is 6.30. The standard InChI is InChI=1S/C18H20O6/c1-9-10(2)14-8-24-18(22)16(14)17(21)13(9)4-3-11-6-23-7-12(11)5-15(19)20/h3,12,21H,4-8H2,1-2H3,(H,19,20)/b11-3+. The minimum absolute atomic E-state index is 0.0267. The van der Waals surface area contributed by atoms with Crippen molar-refractivity contribution in [1.82, 2.24) is 0 Å². The Balaban J connectivity index is 1.92. The monoisotopic (exact) mass is 332 g/mol. The number of carbonyl (C=O) groups is 2. The first-order chi connectivity index (χ1) is 11.4. The summed E-state index contributed by atoms with van der Waals surface area (Å²) in [7, 11) is 0. The number of phenols is 1. The molecule has 1 aromatic rings. The number of phenolic OH excluding ortho intramolecular Hbond substituents is 1. The maximum Gasteiger partial charge on any atom is 0.342 e. The Kier molecular flexibility index (Phi) is 4.32. The fraction of sp³-hybridized carbons (Fsp3) is 0.444. The molecule has 2 aliphatic rings. The Morgan fingerprint density at radius 3 is 2.75 bits per heavy atom. The van der Waals surface area contributed by atoms with E-state index in [2.05, 4.69) is 0 Å². The Morgan fingerprint density at radius 2 is 2.04 bits per heavy atom. The quantitative estimate of drug-likeness (QED) is 0.649. The number of aliphatic carboxylic acids is 1. The first kappa shape index (κ1) is 16.5. The highest BCUT2D eigenvalue weighted by Crippen LogP contribution is 2.38. The number of hydrogen-bond donors (Lipinski definition) is 2. The van der Waals surface area contributed by atoms with Gasteiger partial charge in [0.25, 0.3) is 0 Å². The second kappa shape index (κ2) is 6.28. The van der Waals surface area contributed by atoms with Crippen LogP contribution in [0.1, 0.15) is 39.0 Å². The normalized spacial score (nSPS) is 21.2. The summed E-state index contributed by atoms with van der Waals surface area (Å²) in [5, 5.41) is 19.5. The third-order valence-corrected chi connectivity index (χ3v) is 4.95. The van der Waals surface area contributed by atoms with Gasteiger partial charge in [0.15, 0.2) is 0 Å². The van der Waals surface area contributed by atoms with Gasteiger partial charge in [-0.2, -0.15) is 0 Å². The number of benzene rings is 1. The van der Waals surface area contributed by atoms with Gasteiger partial charge in [-0.3, -0.25) is 4.79 Å². The zero-order valence-electron chi connectivity index (χ0n) is 13.7. The van der Waals surface area contributed by atoms with E-state index >= 15 is 0 Å². The van der Waals surface area contributed by atoms with Crippen molar-refractivity contribution >= 4 is 11.9 Å². The number of carboxylic acids is 1. The molecule has 6 nitrogen and oxygen atoms in total. The molecule has 24 heavy (non-hydrogen) atoms. The minimum Gasteiger partial charge on any atom is -0.507 e. The van der Waals surface area contributed by atoms with Crippen LogP contribution in [0.25, 0.3) is 0 Å². The summed E-state index contributed by atoms with van der Waals surface area (Å²) in [5.41, 5.74) is 4.49. The van der Waals surface area contributed by atoms with Crippen molar-refractivity contribution < 1.29 is 29.3 Å². The molecule has 0 amide bonds. The second-order valence-corrected chi connectivity index (χ2v) is 6.30. The smallest absolute Gasteiger partial charge is 0.342 e. The molecule has 0 radical (unpaired) electrons. The number of allylic oxidation sites excluding steroid dienone is 1. The Bertz CT molecular complexity index is 747. The van der Waals surface area contributed by atoms with Gasteiger partial charge >= 0.3 is 11.9 Å². The number of esters is 1. The molecule has 0 saturated carbocycles. The lowest BCUT2D eigenvalue weighted by Crippen LogP contribution is -2.09. The van der Waals surface area contributed by atoms with Crippen LogP contribution in [0.15, 0.2) is 11.6 Å². The van der Waals surface area contributed by atoms with Crippen molar-refractivity contribution in [1.29, 1.82) is 0 Å². The maximum atomic E-state index is 11.9. The molecule has 6 heteroatoms. The van der Waals surface area contributed by atoms with Crippen LogP contribution in [0.2, 0.25) is 0 Å². The van der Waals surface area contributed by atoms with Crippen LogP contribution in [0.3, 0.4) is 0 Å². The molecule has 0 aromatic heterocycles. The molecule has 0 bridgehead atoms. The average Bonchev–Trinajstić information content (AvgIpc) is 3.11. The Labute approximate surface area is 139 Å². The molecule has 1 fully saturated rings. The summed E-state index contributed by atoms with van der Waals surface area (Å²) in [6, 6.07) is 0. The van der Waals surface area contributed by atoms with E-state index < -0.39 is 11.9 Å². The van der Waals surface area contributed by atoms with E-state index in [4.69, 9.17) is 14.6 Å². The van der Waals surface area contributed by atoms with Gasteiger partial charge in [-0.15, -0.1) is 0 Å². The van der Waals surface area contributed by atoms with Crippen molar-refractivity contribution in [3.63, 3.8) is 0 Å². The number of carbonyl (C=O) groups excluding carboxylic acids is 1. The summed E-state index contributed by atoms with van der Waals surface area (Å²) < 4.78 is 10.4. The highest BCUT2D eigenvalue weighted by Gasteiger charge is 2.30. The molecular formula is C18H20O6. The first-order valence-electron chi connectivity index (χ1n) is 7.89. The van der Waals surface area contributed by atoms with Crippen LogP contribution in [-0.2, 0) is 27.3 Å². The number of rotatable bonds is 4. The van der Waals surface area contributed by atoms with E-state index in [9.17, 15) is 14.7 Å². The lowest BCUT2D eigenvalue weighted by atomic mass is 9.90. The van der Waals surface area contributed by atoms with Gasteiger partial charge < -0.3 is 19.7 Å². The minimum atomic E-state index is -0.855. The largest absolute Gasteiger partial charge is 0.507 e. The van der Waals surface area contributed by atoms with Gasteiger partial charge in [0.05, 0.1) is 19.6 Å². The molecule has 3 rings (SSSR count). The number of hydrogen-bond acceptors (Lipinski definition) is 5. The molecule has 2 aliphatic heterocycles. The Hall–Kier alpha value is -2.34. The maximum absolute atomic E-state index is 11.9. The summed E-state index contributed by atoms with van der Waals surface area (Å²) in [4.78, 5) is 22.8. The van der Waals surface area contributed by atoms with E-state index in [0.29, 0.717) is 25.2 Å². The van der Waals surface area contributed by atoms with Crippen LogP contribution in [0.5, 0.6) is 5.75 Å². The number of fused-ring (bicyclic) bond motifs is 1. The van der Waals surface area contributed by atoms with Crippen LogP contribution < -0.4 is 0 Å². The third kappa shape index (κ3) is 2.78. The molecule has 2 heterocycles. The molecule has 1 saturated heterocycles. The van der Waals surface area contributed by atoms with E-state index in [-0.39, 0.29) is 30.3 Å². The number of aromatic hydroxyl groups is 1.